The second-order valence-corrected chi connectivity index (χ2v) is 12.8. The van der Waals surface area contributed by atoms with Crippen LogP contribution >= 0.6 is 0 Å². The highest BCUT2D eigenvalue weighted by Gasteiger charge is 2.31. The minimum absolute atomic E-state index is 0.0358. The Hall–Kier alpha value is -4.39. The Kier molecular flexibility index (Phi) is 11.0. The van der Waals surface area contributed by atoms with Crippen LogP contribution in [0.5, 0.6) is 5.75 Å². The van der Waals surface area contributed by atoms with Gasteiger partial charge in [0, 0.05) is 23.5 Å². The second kappa shape index (κ2) is 14.9. The third-order valence-electron chi connectivity index (χ3n) is 7.30. The van der Waals surface area contributed by atoms with E-state index in [1.54, 1.807) is 0 Å². The van der Waals surface area contributed by atoms with E-state index in [0.29, 0.717) is 19.4 Å². The van der Waals surface area contributed by atoms with E-state index >= 15 is 0 Å². The third-order valence-corrected chi connectivity index (χ3v) is 7.30. The van der Waals surface area contributed by atoms with Crippen LogP contribution in [0.4, 0.5) is 0 Å². The molecule has 44 heavy (non-hydrogen) atoms. The largest absolute Gasteiger partial charge is 0.489 e. The van der Waals surface area contributed by atoms with Crippen molar-refractivity contribution in [3.63, 3.8) is 0 Å². The molecule has 0 radical (unpaired) electrons. The van der Waals surface area contributed by atoms with Crippen LogP contribution in [0.25, 0.3) is 10.9 Å². The molecule has 0 unspecified atom stereocenters. The summed E-state index contributed by atoms with van der Waals surface area (Å²) >= 11 is 0. The summed E-state index contributed by atoms with van der Waals surface area (Å²) in [5, 5.41) is 3.95. The van der Waals surface area contributed by atoms with E-state index in [2.05, 4.69) is 10.3 Å². The lowest BCUT2D eigenvalue weighted by Gasteiger charge is -2.26. The Morgan fingerprint density at radius 1 is 0.864 bits per heavy atom. The zero-order valence-corrected chi connectivity index (χ0v) is 26.4. The fourth-order valence-corrected chi connectivity index (χ4v) is 5.19. The predicted molar refractivity (Wildman–Crippen MR) is 173 cm³/mol. The number of esters is 1. The van der Waals surface area contributed by atoms with Crippen LogP contribution in [-0.2, 0) is 38.6 Å². The Morgan fingerprint density at radius 3 is 2.23 bits per heavy atom. The number of carbonyl (C=O) groups excluding carboxylic acids is 3. The highest BCUT2D eigenvalue weighted by molar-refractivity contribution is 5.94. The molecule has 4 aromatic rings. The maximum absolute atomic E-state index is 13.7. The normalized spacial score (nSPS) is 13.0. The quantitative estimate of drug-likeness (QED) is 0.153. The average molecular weight is 597 g/mol. The first-order valence-corrected chi connectivity index (χ1v) is 15.3. The molecule has 0 aliphatic heterocycles. The smallest absolute Gasteiger partial charge is 0.310 e. The molecule has 0 spiro atoms. The summed E-state index contributed by atoms with van der Waals surface area (Å²) < 4.78 is 11.6. The van der Waals surface area contributed by atoms with Crippen LogP contribution in [0.1, 0.15) is 64.2 Å². The number of benzene rings is 3. The van der Waals surface area contributed by atoms with Gasteiger partial charge in [-0.2, -0.15) is 0 Å². The Balaban J connectivity index is 1.44. The fraction of sp³-hybridized carbons (Fsp3) is 0.378. The number of H-pyrrole nitrogens is 1. The summed E-state index contributed by atoms with van der Waals surface area (Å²) in [6.07, 6.45) is 2.76. The maximum atomic E-state index is 13.7. The molecule has 0 saturated carbocycles. The van der Waals surface area contributed by atoms with Crippen LogP contribution in [0, 0.1) is 11.8 Å². The van der Waals surface area contributed by atoms with Gasteiger partial charge in [0.15, 0.2) is 5.78 Å². The number of fused-ring (bicyclic) bond motifs is 1. The van der Waals surface area contributed by atoms with Crippen LogP contribution < -0.4 is 10.1 Å². The van der Waals surface area contributed by atoms with E-state index in [4.69, 9.17) is 9.47 Å². The van der Waals surface area contributed by atoms with Crippen molar-refractivity contribution in [3.05, 3.63) is 102 Å². The van der Waals surface area contributed by atoms with Crippen molar-refractivity contribution in [1.29, 1.82) is 0 Å². The summed E-state index contributed by atoms with van der Waals surface area (Å²) in [5.41, 5.74) is 3.10. The lowest BCUT2D eigenvalue weighted by molar-refractivity contribution is -0.161. The predicted octanol–water partition coefficient (Wildman–Crippen LogP) is 6.98. The van der Waals surface area contributed by atoms with Crippen LogP contribution in [0.2, 0.25) is 0 Å². The van der Waals surface area contributed by atoms with Gasteiger partial charge >= 0.3 is 5.97 Å². The molecule has 232 valence electrons. The monoisotopic (exact) mass is 596 g/mol. The standard InChI is InChI=1S/C37H44N2O5/c1-25(2)19-33(39-35(41)22-29-23-38-32-14-10-9-13-31(29)32)34(40)21-28(36(42)44-37(3,4)5)20-26-15-17-30(18-16-26)43-24-27-11-7-6-8-12-27/h6-18,23,25,28,33,38H,19-22,24H2,1-5H3,(H,39,41)/t28-,33-/m0/s1. The molecule has 1 aromatic heterocycles. The number of carbonyl (C=O) groups is 3. The molecular formula is C37H44N2O5. The molecule has 7 heteroatoms. The van der Waals surface area contributed by atoms with Crippen molar-refractivity contribution in [3.8, 4) is 5.75 Å². The van der Waals surface area contributed by atoms with Crippen molar-refractivity contribution < 1.29 is 23.9 Å². The van der Waals surface area contributed by atoms with Gasteiger partial charge in [-0.1, -0.05) is 74.5 Å². The molecule has 2 N–H and O–H groups in total. The molecule has 7 nitrogen and oxygen atoms in total. The van der Waals surface area contributed by atoms with E-state index in [0.717, 1.165) is 33.3 Å². The van der Waals surface area contributed by atoms with Crippen molar-refractivity contribution in [1.82, 2.24) is 10.3 Å². The van der Waals surface area contributed by atoms with E-state index in [1.165, 1.54) is 0 Å². The Labute approximate surface area is 260 Å². The van der Waals surface area contributed by atoms with E-state index in [-0.39, 0.29) is 30.4 Å². The summed E-state index contributed by atoms with van der Waals surface area (Å²) in [5.74, 6) is -0.641. The second-order valence-electron chi connectivity index (χ2n) is 12.8. The van der Waals surface area contributed by atoms with Crippen molar-refractivity contribution in [2.45, 2.75) is 78.6 Å². The minimum atomic E-state index is -0.702. The van der Waals surface area contributed by atoms with E-state index < -0.39 is 23.5 Å². The van der Waals surface area contributed by atoms with Crippen LogP contribution in [0.3, 0.4) is 0 Å². The molecule has 0 aliphatic carbocycles. The number of ether oxygens (including phenoxy) is 2. The van der Waals surface area contributed by atoms with Gasteiger partial charge in [-0.05, 0) is 74.4 Å². The number of aromatic amines is 1. The molecule has 0 saturated heterocycles. The highest BCUT2D eigenvalue weighted by Crippen LogP contribution is 2.23. The number of Topliss-reactive ketones (excluding diaryl/α,β-unsaturated/α-hetero) is 1. The van der Waals surface area contributed by atoms with Crippen molar-refractivity contribution >= 4 is 28.6 Å². The molecule has 1 amide bonds. The van der Waals surface area contributed by atoms with Gasteiger partial charge in [-0.15, -0.1) is 0 Å². The molecule has 2 atom stereocenters. The third kappa shape index (κ3) is 9.83. The van der Waals surface area contributed by atoms with E-state index in [1.807, 2.05) is 120 Å². The molecule has 3 aromatic carbocycles. The molecule has 0 aliphatic rings. The zero-order chi connectivity index (χ0) is 31.7. The molecule has 0 bridgehead atoms. The van der Waals surface area contributed by atoms with Crippen molar-refractivity contribution in [2.24, 2.45) is 11.8 Å². The fourth-order valence-electron chi connectivity index (χ4n) is 5.19. The van der Waals surface area contributed by atoms with Gasteiger partial charge in [0.05, 0.1) is 18.4 Å². The van der Waals surface area contributed by atoms with Gasteiger partial charge in [-0.3, -0.25) is 14.4 Å². The first-order valence-electron chi connectivity index (χ1n) is 15.3. The highest BCUT2D eigenvalue weighted by atomic mass is 16.6. The zero-order valence-electron chi connectivity index (χ0n) is 26.4. The summed E-state index contributed by atoms with van der Waals surface area (Å²) in [7, 11) is 0. The summed E-state index contributed by atoms with van der Waals surface area (Å²) in [6.45, 7) is 9.93. The number of amides is 1. The topological polar surface area (TPSA) is 97.5 Å². The Morgan fingerprint density at radius 2 is 1.55 bits per heavy atom. The number of hydrogen-bond acceptors (Lipinski definition) is 5. The lowest BCUT2D eigenvalue weighted by atomic mass is 9.89. The number of aromatic nitrogens is 1. The van der Waals surface area contributed by atoms with Crippen LogP contribution in [0.15, 0.2) is 85.1 Å². The maximum Gasteiger partial charge on any atom is 0.310 e. The van der Waals surface area contributed by atoms with Crippen molar-refractivity contribution in [2.75, 3.05) is 0 Å². The lowest BCUT2D eigenvalue weighted by Crippen LogP contribution is -2.44. The van der Waals surface area contributed by atoms with Gasteiger partial charge in [0.25, 0.3) is 0 Å². The van der Waals surface area contributed by atoms with Gasteiger partial charge in [0.2, 0.25) is 5.91 Å². The first kappa shape index (κ1) is 32.5. The van der Waals surface area contributed by atoms with Gasteiger partial charge < -0.3 is 19.8 Å². The van der Waals surface area contributed by atoms with Gasteiger partial charge in [-0.25, -0.2) is 0 Å². The minimum Gasteiger partial charge on any atom is -0.489 e. The number of hydrogen-bond donors (Lipinski definition) is 2. The number of nitrogens with one attached hydrogen (secondary N) is 2. The van der Waals surface area contributed by atoms with E-state index in [9.17, 15) is 14.4 Å². The summed E-state index contributed by atoms with van der Waals surface area (Å²) in [6, 6.07) is 24.6. The molecular weight excluding hydrogens is 552 g/mol. The Bertz CT molecular complexity index is 1530. The SMILES string of the molecule is CC(C)C[C@H](NC(=O)Cc1c[nH]c2ccccc12)C(=O)C[C@H](Cc1ccc(OCc2ccccc2)cc1)C(=O)OC(C)(C)C. The average Bonchev–Trinajstić information content (AvgIpc) is 3.38. The first-order chi connectivity index (χ1) is 21.0. The molecule has 4 rings (SSSR count). The van der Waals surface area contributed by atoms with Gasteiger partial charge in [0.1, 0.15) is 18.0 Å². The van der Waals surface area contributed by atoms with Crippen LogP contribution in [-0.4, -0.2) is 34.3 Å². The number of ketones is 1. The number of para-hydroxylation sites is 1. The molecule has 1 heterocycles. The molecule has 0 fully saturated rings. The summed E-state index contributed by atoms with van der Waals surface area (Å²) in [4.78, 5) is 43.4. The number of rotatable bonds is 14.